The van der Waals surface area contributed by atoms with Gasteiger partial charge in [0.2, 0.25) is 0 Å². The first kappa shape index (κ1) is 15.4. The zero-order valence-corrected chi connectivity index (χ0v) is 14.2. The van der Waals surface area contributed by atoms with Crippen molar-refractivity contribution in [1.82, 2.24) is 5.32 Å². The number of benzene rings is 3. The summed E-state index contributed by atoms with van der Waals surface area (Å²) in [7, 11) is 0. The number of rotatable bonds is 3. The van der Waals surface area contributed by atoms with Crippen LogP contribution in [0, 0.1) is 6.92 Å². The minimum Gasteiger partial charge on any atom is -0.360 e. The molecule has 2 nitrogen and oxygen atoms in total. The van der Waals surface area contributed by atoms with Gasteiger partial charge in [0.1, 0.15) is 6.17 Å². The van der Waals surface area contributed by atoms with Gasteiger partial charge in [-0.05, 0) is 29.7 Å². The molecule has 0 fully saturated rings. The Morgan fingerprint density at radius 3 is 1.96 bits per heavy atom. The van der Waals surface area contributed by atoms with Crippen LogP contribution in [0.25, 0.3) is 5.70 Å². The van der Waals surface area contributed by atoms with Crippen molar-refractivity contribution in [3.05, 3.63) is 113 Å². The molecule has 0 bridgehead atoms. The van der Waals surface area contributed by atoms with E-state index >= 15 is 0 Å². The zero-order chi connectivity index (χ0) is 17.1. The first-order valence-electron chi connectivity index (χ1n) is 8.53. The molecule has 1 aliphatic heterocycles. The Kier molecular flexibility index (Phi) is 4.17. The molecule has 25 heavy (non-hydrogen) atoms. The highest BCUT2D eigenvalue weighted by Gasteiger charge is 2.19. The number of aliphatic imine (C=N–C) groups is 1. The lowest BCUT2D eigenvalue weighted by atomic mass is 10.0. The molecule has 3 aromatic rings. The average Bonchev–Trinajstić information content (AvgIpc) is 2.69. The van der Waals surface area contributed by atoms with E-state index in [1.807, 2.05) is 12.1 Å². The minimum absolute atomic E-state index is 0.0870. The van der Waals surface area contributed by atoms with E-state index in [1.54, 1.807) is 0 Å². The van der Waals surface area contributed by atoms with Crippen molar-refractivity contribution in [3.63, 3.8) is 0 Å². The molecule has 3 aromatic carbocycles. The van der Waals surface area contributed by atoms with Crippen LogP contribution >= 0.6 is 0 Å². The molecular formula is C23H20N2. The molecule has 0 spiro atoms. The molecule has 0 radical (unpaired) electrons. The number of nitrogens with one attached hydrogen (secondary N) is 1. The normalized spacial score (nSPS) is 16.6. The van der Waals surface area contributed by atoms with Crippen LogP contribution < -0.4 is 5.32 Å². The number of allylic oxidation sites excluding steroid dienone is 1. The summed E-state index contributed by atoms with van der Waals surface area (Å²) < 4.78 is 0. The van der Waals surface area contributed by atoms with Crippen molar-refractivity contribution in [1.29, 1.82) is 0 Å². The van der Waals surface area contributed by atoms with Crippen LogP contribution in [0.4, 0.5) is 0 Å². The van der Waals surface area contributed by atoms with E-state index < -0.39 is 0 Å². The van der Waals surface area contributed by atoms with E-state index in [9.17, 15) is 0 Å². The summed E-state index contributed by atoms with van der Waals surface area (Å²) in [6, 6.07) is 29.3. The summed E-state index contributed by atoms with van der Waals surface area (Å²) in [6.07, 6.45) is 2.05. The molecule has 0 saturated carbocycles. The van der Waals surface area contributed by atoms with Crippen molar-refractivity contribution in [2.45, 2.75) is 13.1 Å². The Hall–Kier alpha value is -3.13. The van der Waals surface area contributed by atoms with Gasteiger partial charge in [-0.15, -0.1) is 0 Å². The van der Waals surface area contributed by atoms with Crippen LogP contribution in [-0.4, -0.2) is 5.71 Å². The van der Waals surface area contributed by atoms with E-state index in [1.165, 1.54) is 16.7 Å². The van der Waals surface area contributed by atoms with Crippen LogP contribution in [0.15, 0.2) is 96.0 Å². The van der Waals surface area contributed by atoms with Gasteiger partial charge in [-0.25, -0.2) is 0 Å². The Morgan fingerprint density at radius 2 is 1.32 bits per heavy atom. The van der Waals surface area contributed by atoms with Crippen LogP contribution in [0.1, 0.15) is 28.4 Å². The molecule has 1 heterocycles. The quantitative estimate of drug-likeness (QED) is 0.710. The third kappa shape index (κ3) is 3.38. The second-order valence-corrected chi connectivity index (χ2v) is 6.26. The molecule has 1 unspecified atom stereocenters. The molecule has 4 rings (SSSR count). The molecule has 1 aliphatic rings. The Balaban J connectivity index is 1.78. The molecular weight excluding hydrogens is 304 g/mol. The summed E-state index contributed by atoms with van der Waals surface area (Å²) >= 11 is 0. The van der Waals surface area contributed by atoms with Gasteiger partial charge in [0.05, 0.1) is 5.71 Å². The van der Waals surface area contributed by atoms with Gasteiger partial charge in [-0.1, -0.05) is 90.5 Å². The molecule has 0 amide bonds. The molecule has 122 valence electrons. The van der Waals surface area contributed by atoms with Gasteiger partial charge in [0.25, 0.3) is 0 Å². The van der Waals surface area contributed by atoms with E-state index in [0.29, 0.717) is 0 Å². The van der Waals surface area contributed by atoms with E-state index in [-0.39, 0.29) is 6.17 Å². The highest BCUT2D eigenvalue weighted by Crippen LogP contribution is 2.26. The number of hydrogen-bond donors (Lipinski definition) is 1. The summed E-state index contributed by atoms with van der Waals surface area (Å²) in [5, 5.41) is 3.58. The molecule has 0 aliphatic carbocycles. The molecule has 0 saturated heterocycles. The fraction of sp³-hybridized carbons (Fsp3) is 0.0870. The van der Waals surface area contributed by atoms with Crippen molar-refractivity contribution < 1.29 is 0 Å². The number of aryl methyl sites for hydroxylation is 1. The van der Waals surface area contributed by atoms with Gasteiger partial charge in [0, 0.05) is 5.70 Å². The maximum Gasteiger partial charge on any atom is 0.145 e. The largest absolute Gasteiger partial charge is 0.360 e. The molecule has 0 aromatic heterocycles. The van der Waals surface area contributed by atoms with Gasteiger partial charge in [-0.2, -0.15) is 0 Å². The summed E-state index contributed by atoms with van der Waals surface area (Å²) in [5.41, 5.74) is 6.83. The maximum absolute atomic E-state index is 4.96. The second kappa shape index (κ2) is 6.78. The fourth-order valence-corrected chi connectivity index (χ4v) is 2.99. The summed E-state index contributed by atoms with van der Waals surface area (Å²) in [6.45, 7) is 2.10. The van der Waals surface area contributed by atoms with Crippen molar-refractivity contribution in [2.24, 2.45) is 4.99 Å². The molecule has 1 N–H and O–H groups in total. The predicted octanol–water partition coefficient (Wildman–Crippen LogP) is 5.13. The smallest absolute Gasteiger partial charge is 0.145 e. The standard InChI is InChI=1S/C23H20N2/c1-17-12-14-20(15-13-17)23-24-21(18-8-4-2-5-9-18)16-22(25-23)19-10-6-3-7-11-19/h2-16,23-24H,1H3. The lowest BCUT2D eigenvalue weighted by molar-refractivity contribution is 0.664. The first-order chi connectivity index (χ1) is 12.3. The minimum atomic E-state index is -0.0870. The van der Waals surface area contributed by atoms with Crippen molar-refractivity contribution in [2.75, 3.05) is 0 Å². The first-order valence-corrected chi connectivity index (χ1v) is 8.53. The average molecular weight is 324 g/mol. The Labute approximate surface area is 148 Å². The summed E-state index contributed by atoms with van der Waals surface area (Å²) in [5.74, 6) is 0. The monoisotopic (exact) mass is 324 g/mol. The lowest BCUT2D eigenvalue weighted by Gasteiger charge is -2.25. The summed E-state index contributed by atoms with van der Waals surface area (Å²) in [4.78, 5) is 4.96. The van der Waals surface area contributed by atoms with Gasteiger partial charge < -0.3 is 5.32 Å². The third-order valence-electron chi connectivity index (χ3n) is 4.39. The molecule has 2 heteroatoms. The van der Waals surface area contributed by atoms with Gasteiger partial charge in [0.15, 0.2) is 0 Å². The third-order valence-corrected chi connectivity index (χ3v) is 4.39. The predicted molar refractivity (Wildman–Crippen MR) is 104 cm³/mol. The SMILES string of the molecule is Cc1ccc(C2N=C(c3ccccc3)C=C(c3ccccc3)N2)cc1. The highest BCUT2D eigenvalue weighted by atomic mass is 15.1. The van der Waals surface area contributed by atoms with Crippen molar-refractivity contribution >= 4 is 11.4 Å². The second-order valence-electron chi connectivity index (χ2n) is 6.26. The number of hydrogen-bond acceptors (Lipinski definition) is 2. The number of nitrogens with zero attached hydrogens (tertiary/aromatic N) is 1. The van der Waals surface area contributed by atoms with Gasteiger partial charge >= 0.3 is 0 Å². The fourth-order valence-electron chi connectivity index (χ4n) is 2.99. The lowest BCUT2D eigenvalue weighted by Crippen LogP contribution is -2.24. The van der Waals surface area contributed by atoms with Gasteiger partial charge in [-0.3, -0.25) is 4.99 Å². The van der Waals surface area contributed by atoms with Crippen molar-refractivity contribution in [3.8, 4) is 0 Å². The Bertz CT molecular complexity index is 907. The van der Waals surface area contributed by atoms with E-state index in [0.717, 1.165) is 17.0 Å². The zero-order valence-electron chi connectivity index (χ0n) is 14.2. The molecule has 1 atom stereocenters. The van der Waals surface area contributed by atoms with Crippen LogP contribution in [0.3, 0.4) is 0 Å². The highest BCUT2D eigenvalue weighted by molar-refractivity contribution is 6.13. The topological polar surface area (TPSA) is 24.4 Å². The Morgan fingerprint density at radius 1 is 0.720 bits per heavy atom. The maximum atomic E-state index is 4.96. The van der Waals surface area contributed by atoms with Crippen LogP contribution in [-0.2, 0) is 0 Å². The van der Waals surface area contributed by atoms with Crippen LogP contribution in [0.2, 0.25) is 0 Å². The van der Waals surface area contributed by atoms with E-state index in [4.69, 9.17) is 4.99 Å². The van der Waals surface area contributed by atoms with E-state index in [2.05, 4.69) is 91.1 Å². The van der Waals surface area contributed by atoms with Crippen LogP contribution in [0.5, 0.6) is 0 Å².